The number of carbonyl (C=O) groups is 2. The molecule has 0 fully saturated rings. The van der Waals surface area contributed by atoms with E-state index >= 15 is 0 Å². The van der Waals surface area contributed by atoms with E-state index in [-0.39, 0.29) is 24.6 Å². The van der Waals surface area contributed by atoms with Gasteiger partial charge < -0.3 is 9.47 Å². The van der Waals surface area contributed by atoms with Crippen LogP contribution in [0.2, 0.25) is 0 Å². The molecule has 19 heavy (non-hydrogen) atoms. The van der Waals surface area contributed by atoms with E-state index in [4.69, 9.17) is 4.74 Å². The molecule has 1 aromatic rings. The second-order valence-corrected chi connectivity index (χ2v) is 4.32. The standard InChI is InChI=1S/C15H20O4/c1-18-14-9-6-12(7-10-14)4-3-5-13(16)8-11-15(17)19-2/h6-7,9-10H,3-5,8,11H2,1-2H3. The summed E-state index contributed by atoms with van der Waals surface area (Å²) in [6, 6.07) is 7.82. The zero-order valence-electron chi connectivity index (χ0n) is 11.5. The summed E-state index contributed by atoms with van der Waals surface area (Å²) < 4.78 is 9.57. The molecule has 0 amide bonds. The van der Waals surface area contributed by atoms with E-state index in [1.54, 1.807) is 7.11 Å². The van der Waals surface area contributed by atoms with Crippen molar-refractivity contribution in [3.05, 3.63) is 29.8 Å². The fourth-order valence-corrected chi connectivity index (χ4v) is 1.75. The van der Waals surface area contributed by atoms with Crippen molar-refractivity contribution >= 4 is 11.8 Å². The van der Waals surface area contributed by atoms with Crippen LogP contribution in [-0.4, -0.2) is 26.0 Å². The number of hydrogen-bond acceptors (Lipinski definition) is 4. The molecule has 1 rings (SSSR count). The van der Waals surface area contributed by atoms with Crippen molar-refractivity contribution in [1.29, 1.82) is 0 Å². The number of benzene rings is 1. The van der Waals surface area contributed by atoms with E-state index in [1.165, 1.54) is 12.7 Å². The van der Waals surface area contributed by atoms with Crippen molar-refractivity contribution in [3.63, 3.8) is 0 Å². The van der Waals surface area contributed by atoms with Crippen molar-refractivity contribution in [2.45, 2.75) is 32.1 Å². The number of methoxy groups -OCH3 is 2. The molecule has 104 valence electrons. The molecular weight excluding hydrogens is 244 g/mol. The minimum Gasteiger partial charge on any atom is -0.497 e. The molecular formula is C15H20O4. The van der Waals surface area contributed by atoms with Gasteiger partial charge in [0, 0.05) is 12.8 Å². The van der Waals surface area contributed by atoms with Gasteiger partial charge in [-0.1, -0.05) is 12.1 Å². The molecule has 0 spiro atoms. The average Bonchev–Trinajstić information content (AvgIpc) is 2.45. The first-order valence-corrected chi connectivity index (χ1v) is 6.37. The van der Waals surface area contributed by atoms with Crippen LogP contribution in [0.1, 0.15) is 31.2 Å². The molecule has 0 aliphatic carbocycles. The van der Waals surface area contributed by atoms with Crippen LogP contribution in [0.25, 0.3) is 0 Å². The van der Waals surface area contributed by atoms with Crippen molar-refractivity contribution in [2.75, 3.05) is 14.2 Å². The molecule has 0 aliphatic heterocycles. The predicted molar refractivity (Wildman–Crippen MR) is 72.2 cm³/mol. The van der Waals surface area contributed by atoms with Crippen molar-refractivity contribution in [1.82, 2.24) is 0 Å². The van der Waals surface area contributed by atoms with Crippen LogP contribution in [0.4, 0.5) is 0 Å². The molecule has 0 saturated heterocycles. The molecule has 0 radical (unpaired) electrons. The van der Waals surface area contributed by atoms with E-state index in [0.29, 0.717) is 6.42 Å². The molecule has 0 aromatic heterocycles. The molecule has 4 heteroatoms. The number of rotatable bonds is 8. The van der Waals surface area contributed by atoms with Crippen molar-refractivity contribution in [2.24, 2.45) is 0 Å². The highest BCUT2D eigenvalue weighted by atomic mass is 16.5. The number of ketones is 1. The molecule has 0 bridgehead atoms. The average molecular weight is 264 g/mol. The minimum absolute atomic E-state index is 0.110. The molecule has 0 aliphatic rings. The Balaban J connectivity index is 2.22. The molecule has 1 aromatic carbocycles. The van der Waals surface area contributed by atoms with Crippen LogP contribution in [0.5, 0.6) is 5.75 Å². The first-order chi connectivity index (χ1) is 9.15. The number of esters is 1. The summed E-state index contributed by atoms with van der Waals surface area (Å²) in [4.78, 5) is 22.4. The van der Waals surface area contributed by atoms with Crippen LogP contribution in [-0.2, 0) is 20.7 Å². The van der Waals surface area contributed by atoms with Gasteiger partial charge in [-0.05, 0) is 30.5 Å². The van der Waals surface area contributed by atoms with Gasteiger partial charge in [0.25, 0.3) is 0 Å². The molecule has 0 heterocycles. The van der Waals surface area contributed by atoms with Gasteiger partial charge in [-0.3, -0.25) is 9.59 Å². The monoisotopic (exact) mass is 264 g/mol. The Bertz CT molecular complexity index is 409. The smallest absolute Gasteiger partial charge is 0.305 e. The SMILES string of the molecule is COC(=O)CCC(=O)CCCc1ccc(OC)cc1. The fourth-order valence-electron chi connectivity index (χ4n) is 1.75. The lowest BCUT2D eigenvalue weighted by molar-refractivity contribution is -0.141. The Hall–Kier alpha value is -1.84. The fraction of sp³-hybridized carbons (Fsp3) is 0.467. The predicted octanol–water partition coefficient (Wildman–Crippen LogP) is 2.54. The van der Waals surface area contributed by atoms with Crippen molar-refractivity contribution in [3.8, 4) is 5.75 Å². The van der Waals surface area contributed by atoms with Gasteiger partial charge in [0.1, 0.15) is 11.5 Å². The quantitative estimate of drug-likeness (QED) is 0.677. The maximum absolute atomic E-state index is 11.5. The lowest BCUT2D eigenvalue weighted by Crippen LogP contribution is -2.05. The number of carbonyl (C=O) groups excluding carboxylic acids is 2. The van der Waals surface area contributed by atoms with Crippen LogP contribution in [0.15, 0.2) is 24.3 Å². The zero-order valence-corrected chi connectivity index (χ0v) is 11.5. The maximum atomic E-state index is 11.5. The first kappa shape index (κ1) is 15.2. The van der Waals surface area contributed by atoms with Gasteiger partial charge in [0.05, 0.1) is 20.6 Å². The summed E-state index contributed by atoms with van der Waals surface area (Å²) in [5, 5.41) is 0. The van der Waals surface area contributed by atoms with E-state index in [9.17, 15) is 9.59 Å². The van der Waals surface area contributed by atoms with Crippen LogP contribution in [0, 0.1) is 0 Å². The zero-order chi connectivity index (χ0) is 14.1. The Morgan fingerprint density at radius 1 is 1.00 bits per heavy atom. The van der Waals surface area contributed by atoms with Gasteiger partial charge >= 0.3 is 5.97 Å². The number of hydrogen-bond donors (Lipinski definition) is 0. The van der Waals surface area contributed by atoms with Crippen LogP contribution < -0.4 is 4.74 Å². The molecule has 0 saturated carbocycles. The van der Waals surface area contributed by atoms with E-state index < -0.39 is 0 Å². The van der Waals surface area contributed by atoms with Gasteiger partial charge in [-0.15, -0.1) is 0 Å². The maximum Gasteiger partial charge on any atom is 0.305 e. The van der Waals surface area contributed by atoms with Gasteiger partial charge in [-0.2, -0.15) is 0 Å². The Morgan fingerprint density at radius 2 is 1.68 bits per heavy atom. The van der Waals surface area contributed by atoms with E-state index in [1.807, 2.05) is 24.3 Å². The molecule has 4 nitrogen and oxygen atoms in total. The van der Waals surface area contributed by atoms with Crippen LogP contribution >= 0.6 is 0 Å². The number of Topliss-reactive ketones (excluding diaryl/α,β-unsaturated/α-hetero) is 1. The summed E-state index contributed by atoms with van der Waals surface area (Å²) in [6.07, 6.45) is 2.61. The molecule has 0 unspecified atom stereocenters. The van der Waals surface area contributed by atoms with Gasteiger partial charge in [0.15, 0.2) is 0 Å². The van der Waals surface area contributed by atoms with Gasteiger partial charge in [-0.25, -0.2) is 0 Å². The Morgan fingerprint density at radius 3 is 2.26 bits per heavy atom. The highest BCUT2D eigenvalue weighted by Crippen LogP contribution is 2.13. The molecule has 0 atom stereocenters. The third kappa shape index (κ3) is 6.04. The Labute approximate surface area is 113 Å². The first-order valence-electron chi connectivity index (χ1n) is 6.37. The topological polar surface area (TPSA) is 52.6 Å². The number of ether oxygens (including phenoxy) is 2. The third-order valence-electron chi connectivity index (χ3n) is 2.92. The van der Waals surface area contributed by atoms with Crippen LogP contribution in [0.3, 0.4) is 0 Å². The minimum atomic E-state index is -0.330. The van der Waals surface area contributed by atoms with Gasteiger partial charge in [0.2, 0.25) is 0 Å². The summed E-state index contributed by atoms with van der Waals surface area (Å²) in [6.45, 7) is 0. The lowest BCUT2D eigenvalue weighted by atomic mass is 10.0. The summed E-state index contributed by atoms with van der Waals surface area (Å²) >= 11 is 0. The third-order valence-corrected chi connectivity index (χ3v) is 2.92. The highest BCUT2D eigenvalue weighted by molar-refractivity contribution is 5.82. The Kier molecular flexibility index (Phi) is 6.64. The summed E-state index contributed by atoms with van der Waals surface area (Å²) in [5.74, 6) is 0.611. The summed E-state index contributed by atoms with van der Waals surface area (Å²) in [5.41, 5.74) is 1.18. The lowest BCUT2D eigenvalue weighted by Gasteiger charge is -2.03. The highest BCUT2D eigenvalue weighted by Gasteiger charge is 2.06. The van der Waals surface area contributed by atoms with Crippen molar-refractivity contribution < 1.29 is 19.1 Å². The van der Waals surface area contributed by atoms with E-state index in [0.717, 1.165) is 18.6 Å². The number of aryl methyl sites for hydroxylation is 1. The van der Waals surface area contributed by atoms with E-state index in [2.05, 4.69) is 4.74 Å². The largest absolute Gasteiger partial charge is 0.497 e. The second-order valence-electron chi connectivity index (χ2n) is 4.32. The molecule has 0 N–H and O–H groups in total. The normalized spacial score (nSPS) is 10.0. The second kappa shape index (κ2) is 8.29. The summed E-state index contributed by atoms with van der Waals surface area (Å²) in [7, 11) is 2.96.